The third kappa shape index (κ3) is 3.29. The number of aryl methyl sites for hydroxylation is 1. The van der Waals surface area contributed by atoms with Crippen molar-refractivity contribution in [3.05, 3.63) is 86.7 Å². The number of nitrogens with zero attached hydrogens (tertiary/aromatic N) is 2. The van der Waals surface area contributed by atoms with Gasteiger partial charge in [0.05, 0.1) is 21.4 Å². The number of benzene rings is 2. The van der Waals surface area contributed by atoms with Gasteiger partial charge in [0.25, 0.3) is 0 Å². The normalized spacial score (nSPS) is 19.6. The fourth-order valence-electron chi connectivity index (χ4n) is 4.88. The molecular formula is C25H23Cl2N3O. The fourth-order valence-corrected chi connectivity index (χ4v) is 5.30. The maximum absolute atomic E-state index is 13.4. The minimum Gasteiger partial charge on any atom is -0.343 e. The topological polar surface area (TPSA) is 46.9 Å². The molecule has 31 heavy (non-hydrogen) atoms. The number of allylic oxidation sites excluding steroid dienone is 2. The quantitative estimate of drug-likeness (QED) is 0.471. The predicted molar refractivity (Wildman–Crippen MR) is 125 cm³/mol. The van der Waals surface area contributed by atoms with Gasteiger partial charge in [-0.2, -0.15) is 5.10 Å². The van der Waals surface area contributed by atoms with E-state index in [0.717, 1.165) is 46.0 Å². The molecule has 1 unspecified atom stereocenters. The first kappa shape index (κ1) is 20.3. The van der Waals surface area contributed by atoms with Crippen molar-refractivity contribution >= 4 is 34.8 Å². The molecule has 4 nitrogen and oxygen atoms in total. The van der Waals surface area contributed by atoms with Gasteiger partial charge in [0.1, 0.15) is 5.82 Å². The average Bonchev–Trinajstić information content (AvgIpc) is 3.05. The fraction of sp³-hybridized carbons (Fsp3) is 0.280. The van der Waals surface area contributed by atoms with Crippen LogP contribution in [0.5, 0.6) is 0 Å². The van der Waals surface area contributed by atoms with E-state index < -0.39 is 0 Å². The molecule has 158 valence electrons. The van der Waals surface area contributed by atoms with Crippen molar-refractivity contribution in [3.8, 4) is 5.69 Å². The molecule has 0 amide bonds. The number of para-hydroxylation sites is 1. The second-order valence-corrected chi connectivity index (χ2v) is 9.91. The zero-order valence-corrected chi connectivity index (χ0v) is 19.2. The van der Waals surface area contributed by atoms with Crippen LogP contribution in [0.1, 0.15) is 49.4 Å². The van der Waals surface area contributed by atoms with Crippen molar-refractivity contribution < 1.29 is 4.79 Å². The Hall–Kier alpha value is -2.56. The number of halogens is 2. The number of hydrogen-bond donors (Lipinski definition) is 1. The smallest absolute Gasteiger partial charge is 0.162 e. The highest BCUT2D eigenvalue weighted by atomic mass is 35.5. The molecule has 0 fully saturated rings. The second-order valence-electron chi connectivity index (χ2n) is 9.13. The van der Waals surface area contributed by atoms with E-state index in [2.05, 4.69) is 19.2 Å². The van der Waals surface area contributed by atoms with Crippen LogP contribution in [0.2, 0.25) is 10.0 Å². The number of carbonyl (C=O) groups excluding carboxylic acids is 1. The van der Waals surface area contributed by atoms with E-state index in [4.69, 9.17) is 28.3 Å². The van der Waals surface area contributed by atoms with Gasteiger partial charge in [-0.1, -0.05) is 67.4 Å². The summed E-state index contributed by atoms with van der Waals surface area (Å²) in [5.41, 5.74) is 5.25. The summed E-state index contributed by atoms with van der Waals surface area (Å²) < 4.78 is 1.92. The number of carbonyl (C=O) groups is 1. The number of anilines is 1. The van der Waals surface area contributed by atoms with Crippen LogP contribution in [0.15, 0.2) is 59.8 Å². The first-order chi connectivity index (χ1) is 14.8. The Morgan fingerprint density at radius 3 is 2.55 bits per heavy atom. The van der Waals surface area contributed by atoms with Crippen LogP contribution in [0, 0.1) is 12.3 Å². The van der Waals surface area contributed by atoms with Crippen molar-refractivity contribution in [3.63, 3.8) is 0 Å². The van der Waals surface area contributed by atoms with Gasteiger partial charge in [-0.25, -0.2) is 4.68 Å². The Morgan fingerprint density at radius 1 is 1.06 bits per heavy atom. The van der Waals surface area contributed by atoms with E-state index in [1.54, 1.807) is 6.07 Å². The van der Waals surface area contributed by atoms with E-state index in [1.807, 2.05) is 54.1 Å². The number of Topliss-reactive ketones (excluding diaryl/α,β-unsaturated/α-hetero) is 1. The Labute approximate surface area is 191 Å². The predicted octanol–water partition coefficient (Wildman–Crippen LogP) is 6.69. The van der Waals surface area contributed by atoms with Gasteiger partial charge < -0.3 is 5.32 Å². The van der Waals surface area contributed by atoms with Gasteiger partial charge in [-0.15, -0.1) is 0 Å². The molecule has 1 aromatic heterocycles. The van der Waals surface area contributed by atoms with Gasteiger partial charge in [-0.3, -0.25) is 4.79 Å². The summed E-state index contributed by atoms with van der Waals surface area (Å²) in [6.45, 7) is 6.24. The Balaban J connectivity index is 1.80. The van der Waals surface area contributed by atoms with E-state index in [9.17, 15) is 4.79 Å². The lowest BCUT2D eigenvalue weighted by Crippen LogP contribution is -2.34. The summed E-state index contributed by atoms with van der Waals surface area (Å²) in [6, 6.07) is 15.6. The van der Waals surface area contributed by atoms with Crippen molar-refractivity contribution in [1.82, 2.24) is 9.78 Å². The summed E-state index contributed by atoms with van der Waals surface area (Å²) in [7, 11) is 0. The minimum absolute atomic E-state index is 0.115. The van der Waals surface area contributed by atoms with Crippen LogP contribution in [-0.2, 0) is 4.79 Å². The van der Waals surface area contributed by atoms with E-state index in [1.165, 1.54) is 0 Å². The molecule has 0 spiro atoms. The molecule has 1 aliphatic carbocycles. The molecule has 0 bridgehead atoms. The van der Waals surface area contributed by atoms with Gasteiger partial charge in [0, 0.05) is 29.2 Å². The lowest BCUT2D eigenvalue weighted by atomic mass is 9.69. The molecule has 6 heteroatoms. The SMILES string of the molecule is Cc1nn(-c2ccccc2)c2c1C(c1cccc(Cl)c1Cl)C1=C(CC(C)(C)CC1=O)N2. The zero-order valence-electron chi connectivity index (χ0n) is 17.7. The molecular weight excluding hydrogens is 429 g/mol. The van der Waals surface area contributed by atoms with E-state index >= 15 is 0 Å². The molecule has 1 aliphatic heterocycles. The Bertz CT molecular complexity index is 1240. The molecule has 0 radical (unpaired) electrons. The molecule has 3 aromatic rings. The number of aromatic nitrogens is 2. The zero-order chi connectivity index (χ0) is 21.9. The lowest BCUT2D eigenvalue weighted by molar-refractivity contribution is -0.118. The minimum atomic E-state index is -0.307. The highest BCUT2D eigenvalue weighted by Crippen LogP contribution is 2.51. The Morgan fingerprint density at radius 2 is 1.81 bits per heavy atom. The number of rotatable bonds is 2. The van der Waals surface area contributed by atoms with Gasteiger partial charge in [0.2, 0.25) is 0 Å². The largest absolute Gasteiger partial charge is 0.343 e. The highest BCUT2D eigenvalue weighted by Gasteiger charge is 2.43. The summed E-state index contributed by atoms with van der Waals surface area (Å²) in [6.07, 6.45) is 1.28. The molecule has 2 aromatic carbocycles. The van der Waals surface area contributed by atoms with Crippen LogP contribution in [0.4, 0.5) is 5.82 Å². The van der Waals surface area contributed by atoms with Crippen LogP contribution < -0.4 is 5.32 Å². The van der Waals surface area contributed by atoms with Crippen LogP contribution in [0.25, 0.3) is 5.69 Å². The van der Waals surface area contributed by atoms with E-state index in [-0.39, 0.29) is 17.1 Å². The second kappa shape index (κ2) is 7.25. The highest BCUT2D eigenvalue weighted by molar-refractivity contribution is 6.42. The molecule has 0 saturated heterocycles. The van der Waals surface area contributed by atoms with Crippen molar-refractivity contribution in [2.75, 3.05) is 5.32 Å². The van der Waals surface area contributed by atoms with Gasteiger partial charge in [-0.05, 0) is 42.5 Å². The monoisotopic (exact) mass is 451 g/mol. The lowest BCUT2D eigenvalue weighted by Gasteiger charge is -2.39. The molecule has 2 aliphatic rings. The molecule has 5 rings (SSSR count). The van der Waals surface area contributed by atoms with Crippen LogP contribution >= 0.6 is 23.2 Å². The number of ketones is 1. The van der Waals surface area contributed by atoms with Crippen LogP contribution in [-0.4, -0.2) is 15.6 Å². The molecule has 1 N–H and O–H groups in total. The third-order valence-electron chi connectivity index (χ3n) is 6.17. The molecule has 0 saturated carbocycles. The summed E-state index contributed by atoms with van der Waals surface area (Å²) in [4.78, 5) is 13.4. The van der Waals surface area contributed by atoms with Gasteiger partial charge >= 0.3 is 0 Å². The summed E-state index contributed by atoms with van der Waals surface area (Å²) >= 11 is 13.1. The number of fused-ring (bicyclic) bond motifs is 1. The van der Waals surface area contributed by atoms with Crippen LogP contribution in [0.3, 0.4) is 0 Å². The van der Waals surface area contributed by atoms with Gasteiger partial charge in [0.15, 0.2) is 5.78 Å². The van der Waals surface area contributed by atoms with E-state index in [0.29, 0.717) is 16.5 Å². The number of nitrogens with one attached hydrogen (secondary N) is 1. The number of hydrogen-bond acceptors (Lipinski definition) is 3. The average molecular weight is 452 g/mol. The summed E-state index contributed by atoms with van der Waals surface area (Å²) in [5.74, 6) is 0.727. The maximum Gasteiger partial charge on any atom is 0.162 e. The summed E-state index contributed by atoms with van der Waals surface area (Å²) in [5, 5.41) is 9.41. The van der Waals surface area contributed by atoms with Crippen molar-refractivity contribution in [1.29, 1.82) is 0 Å². The first-order valence-electron chi connectivity index (χ1n) is 10.4. The van der Waals surface area contributed by atoms with Crippen molar-refractivity contribution in [2.45, 2.75) is 39.5 Å². The molecule has 2 heterocycles. The molecule has 1 atom stereocenters. The first-order valence-corrected chi connectivity index (χ1v) is 11.1. The third-order valence-corrected chi connectivity index (χ3v) is 7.00. The standard InChI is InChI=1S/C25H23Cl2N3O/c1-14-20-21(16-10-7-11-17(26)23(16)27)22-18(12-25(2,3)13-19(22)31)28-24(20)30(29-14)15-8-5-4-6-9-15/h4-11,21,28H,12-13H2,1-3H3. The Kier molecular flexibility index (Phi) is 4.76. The van der Waals surface area contributed by atoms with Crippen molar-refractivity contribution in [2.24, 2.45) is 5.41 Å². The maximum atomic E-state index is 13.4.